The molecule has 0 amide bonds. The van der Waals surface area contributed by atoms with Crippen LogP contribution >= 0.6 is 0 Å². The van der Waals surface area contributed by atoms with E-state index in [-0.39, 0.29) is 0 Å². The van der Waals surface area contributed by atoms with Crippen molar-refractivity contribution in [2.75, 3.05) is 0 Å². The van der Waals surface area contributed by atoms with Crippen LogP contribution in [0.2, 0.25) is 0 Å². The van der Waals surface area contributed by atoms with Gasteiger partial charge in [0.2, 0.25) is 0 Å². The molecule has 0 aromatic heterocycles. The lowest BCUT2D eigenvalue weighted by Gasteiger charge is -2.02. The minimum absolute atomic E-state index is 0.456. The van der Waals surface area contributed by atoms with Crippen LogP contribution in [0.3, 0.4) is 0 Å². The van der Waals surface area contributed by atoms with E-state index < -0.39 is 6.10 Å². The van der Waals surface area contributed by atoms with Gasteiger partial charge < -0.3 is 5.11 Å². The predicted molar refractivity (Wildman–Crippen MR) is 73.5 cm³/mol. The van der Waals surface area contributed by atoms with Crippen LogP contribution in [0.4, 0.5) is 5.69 Å². The summed E-state index contributed by atoms with van der Waals surface area (Å²) in [5, 5.41) is 13.5. The van der Waals surface area contributed by atoms with Crippen LogP contribution in [0, 0.1) is 11.8 Å². The van der Waals surface area contributed by atoms with Crippen molar-refractivity contribution < 1.29 is 5.11 Å². The number of hydrogen-bond donors (Lipinski definition) is 1. The Bertz CT molecular complexity index is 665. The highest BCUT2D eigenvalue weighted by atomic mass is 16.3. The molecule has 2 aromatic carbocycles. The molecule has 1 N–H and O–H groups in total. The number of azide groups is 1. The fraction of sp³-hybridized carbons (Fsp3) is 0.0667. The molecule has 0 fully saturated rings. The molecule has 0 saturated heterocycles. The van der Waals surface area contributed by atoms with Crippen LogP contribution < -0.4 is 0 Å². The minimum Gasteiger partial charge on any atom is -0.376 e. The predicted octanol–water partition coefficient (Wildman–Crippen LogP) is 3.71. The molecule has 1 atom stereocenters. The number of benzene rings is 2. The summed E-state index contributed by atoms with van der Waals surface area (Å²) in [4.78, 5) is 2.75. The van der Waals surface area contributed by atoms with Crippen LogP contribution in [-0.2, 0) is 0 Å². The van der Waals surface area contributed by atoms with E-state index in [0.29, 0.717) is 11.3 Å². The average molecular weight is 249 g/mol. The van der Waals surface area contributed by atoms with Crippen molar-refractivity contribution in [3.8, 4) is 11.8 Å². The van der Waals surface area contributed by atoms with Gasteiger partial charge in [0, 0.05) is 10.5 Å². The van der Waals surface area contributed by atoms with Crippen LogP contribution in [0.25, 0.3) is 10.4 Å². The lowest BCUT2D eigenvalue weighted by molar-refractivity contribution is 0.238. The van der Waals surface area contributed by atoms with Gasteiger partial charge in [0.05, 0.1) is 5.69 Å². The highest BCUT2D eigenvalue weighted by Crippen LogP contribution is 2.18. The smallest absolute Gasteiger partial charge is 0.140 e. The zero-order valence-corrected chi connectivity index (χ0v) is 10.1. The maximum Gasteiger partial charge on any atom is 0.140 e. The molecule has 0 heterocycles. The van der Waals surface area contributed by atoms with Crippen molar-refractivity contribution in [1.29, 1.82) is 0 Å². The first-order valence-electron chi connectivity index (χ1n) is 5.70. The third-order valence-corrected chi connectivity index (χ3v) is 2.52. The van der Waals surface area contributed by atoms with Gasteiger partial charge in [0.15, 0.2) is 0 Å². The van der Waals surface area contributed by atoms with Gasteiger partial charge in [-0.3, -0.25) is 0 Å². The fourth-order valence-corrected chi connectivity index (χ4v) is 1.58. The normalized spacial score (nSPS) is 10.8. The van der Waals surface area contributed by atoms with Crippen LogP contribution in [0.15, 0.2) is 59.7 Å². The minimum atomic E-state index is -0.861. The average Bonchev–Trinajstić information content (AvgIpc) is 2.47. The number of aliphatic hydroxyl groups excluding tert-OH is 1. The van der Waals surface area contributed by atoms with Gasteiger partial charge >= 0.3 is 0 Å². The second-order valence-corrected chi connectivity index (χ2v) is 3.79. The molecular weight excluding hydrogens is 238 g/mol. The second-order valence-electron chi connectivity index (χ2n) is 3.79. The molecule has 2 rings (SSSR count). The van der Waals surface area contributed by atoms with Gasteiger partial charge in [-0.1, -0.05) is 65.5 Å². The van der Waals surface area contributed by atoms with Crippen LogP contribution in [0.5, 0.6) is 0 Å². The number of rotatable bonds is 2. The third-order valence-electron chi connectivity index (χ3n) is 2.52. The van der Waals surface area contributed by atoms with E-state index in [1.165, 1.54) is 0 Å². The van der Waals surface area contributed by atoms with Gasteiger partial charge in [-0.15, -0.1) is 0 Å². The maximum absolute atomic E-state index is 9.93. The molecule has 0 spiro atoms. The summed E-state index contributed by atoms with van der Waals surface area (Å²) >= 11 is 0. The van der Waals surface area contributed by atoms with Crippen molar-refractivity contribution >= 4 is 5.69 Å². The first kappa shape index (κ1) is 12.7. The Morgan fingerprint density at radius 1 is 1.05 bits per heavy atom. The van der Waals surface area contributed by atoms with Crippen LogP contribution in [-0.4, -0.2) is 5.11 Å². The lowest BCUT2D eigenvalue weighted by atomic mass is 10.1. The van der Waals surface area contributed by atoms with E-state index in [4.69, 9.17) is 5.53 Å². The third kappa shape index (κ3) is 3.36. The highest BCUT2D eigenvalue weighted by Gasteiger charge is 2.02. The first-order chi connectivity index (χ1) is 9.31. The molecule has 0 aliphatic heterocycles. The summed E-state index contributed by atoms with van der Waals surface area (Å²) in [6, 6.07) is 16.2. The van der Waals surface area contributed by atoms with E-state index in [0.717, 1.165) is 5.56 Å². The Balaban J connectivity index is 2.27. The summed E-state index contributed by atoms with van der Waals surface area (Å²) in [6.45, 7) is 0. The van der Waals surface area contributed by atoms with Gasteiger partial charge in [-0.05, 0) is 17.2 Å². The molecule has 0 radical (unpaired) electrons. The lowest BCUT2D eigenvalue weighted by Crippen LogP contribution is -1.92. The van der Waals surface area contributed by atoms with Crippen molar-refractivity contribution in [3.63, 3.8) is 0 Å². The number of hydrogen-bond acceptors (Lipinski definition) is 2. The van der Waals surface area contributed by atoms with Gasteiger partial charge in [-0.25, -0.2) is 0 Å². The molecular formula is C15H11N3O. The summed E-state index contributed by atoms with van der Waals surface area (Å²) < 4.78 is 0. The maximum atomic E-state index is 9.93. The summed E-state index contributed by atoms with van der Waals surface area (Å²) in [5.41, 5.74) is 10.2. The van der Waals surface area contributed by atoms with Crippen molar-refractivity contribution in [2.45, 2.75) is 6.10 Å². The molecule has 4 nitrogen and oxygen atoms in total. The molecule has 19 heavy (non-hydrogen) atoms. The zero-order valence-electron chi connectivity index (χ0n) is 10.1. The highest BCUT2D eigenvalue weighted by molar-refractivity contribution is 5.55. The first-order valence-corrected chi connectivity index (χ1v) is 5.70. The molecule has 92 valence electrons. The van der Waals surface area contributed by atoms with Crippen molar-refractivity contribution in [2.24, 2.45) is 5.11 Å². The van der Waals surface area contributed by atoms with Crippen LogP contribution in [0.1, 0.15) is 17.2 Å². The quantitative estimate of drug-likeness (QED) is 0.375. The Labute approximate surface area is 111 Å². The molecule has 0 bridgehead atoms. The molecule has 4 heteroatoms. The monoisotopic (exact) mass is 249 g/mol. The van der Waals surface area contributed by atoms with Gasteiger partial charge in [-0.2, -0.15) is 0 Å². The molecule has 1 unspecified atom stereocenters. The summed E-state index contributed by atoms with van der Waals surface area (Å²) in [5.74, 6) is 5.57. The Kier molecular flexibility index (Phi) is 4.20. The summed E-state index contributed by atoms with van der Waals surface area (Å²) in [7, 11) is 0. The Morgan fingerprint density at radius 3 is 2.47 bits per heavy atom. The van der Waals surface area contributed by atoms with E-state index in [2.05, 4.69) is 21.9 Å². The largest absolute Gasteiger partial charge is 0.376 e. The standard InChI is InChI=1S/C15H11N3O/c16-18-17-14-9-5-4-6-12(14)10-11-15(19)13-7-2-1-3-8-13/h1-9,15,19H. The molecule has 0 aliphatic carbocycles. The number of aliphatic hydroxyl groups is 1. The Hall–Kier alpha value is -2.73. The Morgan fingerprint density at radius 2 is 1.74 bits per heavy atom. The van der Waals surface area contributed by atoms with Crippen molar-refractivity contribution in [1.82, 2.24) is 0 Å². The zero-order chi connectivity index (χ0) is 13.5. The molecule has 2 aromatic rings. The van der Waals surface area contributed by atoms with Gasteiger partial charge in [0.1, 0.15) is 6.10 Å². The molecule has 0 aliphatic rings. The SMILES string of the molecule is [N-]=[N+]=Nc1ccccc1C#CC(O)c1ccccc1. The number of nitrogens with zero attached hydrogens (tertiary/aromatic N) is 3. The van der Waals surface area contributed by atoms with Gasteiger partial charge in [0.25, 0.3) is 0 Å². The fourth-order valence-electron chi connectivity index (χ4n) is 1.58. The van der Waals surface area contributed by atoms with E-state index >= 15 is 0 Å². The van der Waals surface area contributed by atoms with E-state index in [1.807, 2.05) is 18.2 Å². The second kappa shape index (κ2) is 6.27. The molecule has 0 saturated carbocycles. The summed E-state index contributed by atoms with van der Waals surface area (Å²) in [6.07, 6.45) is -0.861. The van der Waals surface area contributed by atoms with Crippen molar-refractivity contribution in [3.05, 3.63) is 76.2 Å². The van der Waals surface area contributed by atoms with E-state index in [9.17, 15) is 5.11 Å². The van der Waals surface area contributed by atoms with E-state index in [1.54, 1.807) is 36.4 Å². The topological polar surface area (TPSA) is 69.0 Å².